The van der Waals surface area contributed by atoms with Crippen molar-refractivity contribution in [2.75, 3.05) is 7.11 Å². The third kappa shape index (κ3) is 4.27. The van der Waals surface area contributed by atoms with E-state index < -0.39 is 11.9 Å². The topological polar surface area (TPSA) is 63.6 Å². The summed E-state index contributed by atoms with van der Waals surface area (Å²) in [4.78, 5) is 20.7. The van der Waals surface area contributed by atoms with E-state index in [1.54, 1.807) is 0 Å². The normalized spacial score (nSPS) is 9.75. The number of carboxylic acid groups (broad SMARTS) is 1. The molecule has 0 aliphatic heterocycles. The first-order valence-corrected chi connectivity index (χ1v) is 3.23. The zero-order valence-electron chi connectivity index (χ0n) is 6.74. The standard InChI is InChI=1S/C8H10O4/c1-6(8(11)12-2)4-3-5-7(9)10/h3,5H,1,4H2,2H3,(H,9,10). The fraction of sp³-hybridized carbons (Fsp3) is 0.250. The average Bonchev–Trinajstić information content (AvgIpc) is 2.02. The summed E-state index contributed by atoms with van der Waals surface area (Å²) in [5.74, 6) is -1.57. The summed E-state index contributed by atoms with van der Waals surface area (Å²) in [6, 6.07) is 0. The van der Waals surface area contributed by atoms with Crippen molar-refractivity contribution in [1.82, 2.24) is 0 Å². The van der Waals surface area contributed by atoms with Crippen LogP contribution in [0.5, 0.6) is 0 Å². The maximum absolute atomic E-state index is 10.7. The van der Waals surface area contributed by atoms with Crippen LogP contribution in [-0.2, 0) is 14.3 Å². The minimum absolute atomic E-state index is 0.193. The number of hydrogen-bond acceptors (Lipinski definition) is 3. The predicted molar refractivity (Wildman–Crippen MR) is 42.5 cm³/mol. The molecule has 0 aliphatic carbocycles. The van der Waals surface area contributed by atoms with Crippen molar-refractivity contribution in [3.05, 3.63) is 24.3 Å². The molecule has 0 saturated heterocycles. The quantitative estimate of drug-likeness (QED) is 0.499. The summed E-state index contributed by atoms with van der Waals surface area (Å²) < 4.78 is 4.35. The lowest BCUT2D eigenvalue weighted by Crippen LogP contribution is -2.02. The highest BCUT2D eigenvalue weighted by atomic mass is 16.5. The van der Waals surface area contributed by atoms with Crippen molar-refractivity contribution < 1.29 is 19.4 Å². The van der Waals surface area contributed by atoms with Crippen LogP contribution in [0.4, 0.5) is 0 Å². The van der Waals surface area contributed by atoms with Gasteiger partial charge in [-0.15, -0.1) is 0 Å². The Bertz CT molecular complexity index is 227. The molecule has 0 radical (unpaired) electrons. The molecule has 0 aliphatic rings. The van der Waals surface area contributed by atoms with E-state index in [2.05, 4.69) is 11.3 Å². The Labute approximate surface area is 70.1 Å². The lowest BCUT2D eigenvalue weighted by atomic mass is 10.2. The highest BCUT2D eigenvalue weighted by Crippen LogP contribution is 2.00. The van der Waals surface area contributed by atoms with Crippen LogP contribution in [0.3, 0.4) is 0 Å². The molecule has 0 spiro atoms. The lowest BCUT2D eigenvalue weighted by molar-refractivity contribution is -0.136. The number of ether oxygens (including phenoxy) is 1. The predicted octanol–water partition coefficient (Wildman–Crippen LogP) is 0.746. The number of carbonyl (C=O) groups excluding carboxylic acids is 1. The van der Waals surface area contributed by atoms with Gasteiger partial charge < -0.3 is 9.84 Å². The van der Waals surface area contributed by atoms with Gasteiger partial charge in [0.25, 0.3) is 0 Å². The molecule has 4 nitrogen and oxygen atoms in total. The Morgan fingerprint density at radius 2 is 2.17 bits per heavy atom. The largest absolute Gasteiger partial charge is 0.478 e. The van der Waals surface area contributed by atoms with Gasteiger partial charge in [0.15, 0.2) is 0 Å². The summed E-state index contributed by atoms with van der Waals surface area (Å²) >= 11 is 0. The fourth-order valence-electron chi connectivity index (χ4n) is 0.530. The van der Waals surface area contributed by atoms with Crippen LogP contribution in [0.1, 0.15) is 6.42 Å². The van der Waals surface area contributed by atoms with Crippen LogP contribution in [0, 0.1) is 0 Å². The van der Waals surface area contributed by atoms with Crippen molar-refractivity contribution >= 4 is 11.9 Å². The molecule has 0 aromatic carbocycles. The van der Waals surface area contributed by atoms with E-state index in [0.29, 0.717) is 0 Å². The van der Waals surface area contributed by atoms with Gasteiger partial charge in [-0.25, -0.2) is 9.59 Å². The third-order valence-electron chi connectivity index (χ3n) is 1.10. The second-order valence-electron chi connectivity index (χ2n) is 2.04. The van der Waals surface area contributed by atoms with Crippen LogP contribution in [0.25, 0.3) is 0 Å². The molecule has 0 rings (SSSR count). The fourth-order valence-corrected chi connectivity index (χ4v) is 0.530. The van der Waals surface area contributed by atoms with Crippen molar-refractivity contribution in [3.63, 3.8) is 0 Å². The summed E-state index contributed by atoms with van der Waals surface area (Å²) in [6.45, 7) is 3.40. The molecule has 0 atom stereocenters. The van der Waals surface area contributed by atoms with E-state index in [9.17, 15) is 9.59 Å². The molecule has 0 bridgehead atoms. The Balaban J connectivity index is 3.87. The molecular formula is C8H10O4. The van der Waals surface area contributed by atoms with E-state index in [4.69, 9.17) is 5.11 Å². The van der Waals surface area contributed by atoms with E-state index in [1.165, 1.54) is 13.2 Å². The lowest BCUT2D eigenvalue weighted by Gasteiger charge is -1.97. The van der Waals surface area contributed by atoms with Gasteiger partial charge >= 0.3 is 11.9 Å². The van der Waals surface area contributed by atoms with Crippen molar-refractivity contribution in [1.29, 1.82) is 0 Å². The summed E-state index contributed by atoms with van der Waals surface area (Å²) in [7, 11) is 1.24. The number of rotatable bonds is 4. The van der Waals surface area contributed by atoms with Gasteiger partial charge in [0, 0.05) is 11.6 Å². The molecule has 12 heavy (non-hydrogen) atoms. The van der Waals surface area contributed by atoms with Crippen LogP contribution in [-0.4, -0.2) is 24.2 Å². The number of aliphatic carboxylic acids is 1. The van der Waals surface area contributed by atoms with E-state index in [0.717, 1.165) is 6.08 Å². The molecule has 0 fully saturated rings. The van der Waals surface area contributed by atoms with Gasteiger partial charge in [-0.3, -0.25) is 0 Å². The van der Waals surface area contributed by atoms with E-state index in [-0.39, 0.29) is 12.0 Å². The monoisotopic (exact) mass is 170 g/mol. The number of allylic oxidation sites excluding steroid dienone is 1. The number of carboxylic acids is 1. The molecule has 4 heteroatoms. The Kier molecular flexibility index (Phi) is 4.45. The van der Waals surface area contributed by atoms with E-state index in [1.807, 2.05) is 0 Å². The molecular weight excluding hydrogens is 160 g/mol. The summed E-state index contributed by atoms with van der Waals surface area (Å²) in [5, 5.41) is 8.19. The minimum atomic E-state index is -1.05. The molecule has 0 saturated carbocycles. The highest BCUT2D eigenvalue weighted by molar-refractivity contribution is 5.88. The zero-order valence-corrected chi connectivity index (χ0v) is 6.74. The maximum Gasteiger partial charge on any atom is 0.333 e. The van der Waals surface area contributed by atoms with Crippen molar-refractivity contribution in [3.8, 4) is 0 Å². The first-order valence-electron chi connectivity index (χ1n) is 3.23. The Morgan fingerprint density at radius 3 is 2.58 bits per heavy atom. The Hall–Kier alpha value is -1.58. The molecule has 0 amide bonds. The number of esters is 1. The first kappa shape index (κ1) is 10.4. The maximum atomic E-state index is 10.7. The van der Waals surface area contributed by atoms with Gasteiger partial charge in [0.2, 0.25) is 0 Å². The molecule has 0 aromatic heterocycles. The molecule has 0 aromatic rings. The molecule has 66 valence electrons. The van der Waals surface area contributed by atoms with Crippen molar-refractivity contribution in [2.45, 2.75) is 6.42 Å². The van der Waals surface area contributed by atoms with Gasteiger partial charge in [-0.1, -0.05) is 12.7 Å². The minimum Gasteiger partial charge on any atom is -0.478 e. The number of carbonyl (C=O) groups is 2. The average molecular weight is 170 g/mol. The smallest absolute Gasteiger partial charge is 0.333 e. The SMILES string of the molecule is C=C(CC=CC(=O)O)C(=O)OC. The van der Waals surface area contributed by atoms with E-state index >= 15 is 0 Å². The van der Waals surface area contributed by atoms with Crippen LogP contribution in [0.2, 0.25) is 0 Å². The second-order valence-corrected chi connectivity index (χ2v) is 2.04. The highest BCUT2D eigenvalue weighted by Gasteiger charge is 2.03. The number of methoxy groups -OCH3 is 1. The van der Waals surface area contributed by atoms with Gasteiger partial charge in [0.05, 0.1) is 7.11 Å². The molecule has 1 N–H and O–H groups in total. The van der Waals surface area contributed by atoms with Crippen LogP contribution in [0.15, 0.2) is 24.3 Å². The second kappa shape index (κ2) is 5.12. The van der Waals surface area contributed by atoms with Gasteiger partial charge in [0.1, 0.15) is 0 Å². The van der Waals surface area contributed by atoms with Crippen molar-refractivity contribution in [2.24, 2.45) is 0 Å². The molecule has 0 heterocycles. The summed E-state index contributed by atoms with van der Waals surface area (Å²) in [6.07, 6.45) is 2.48. The summed E-state index contributed by atoms with van der Waals surface area (Å²) in [5.41, 5.74) is 0.231. The molecule has 0 unspecified atom stereocenters. The first-order chi connectivity index (χ1) is 5.57. The van der Waals surface area contributed by atoms with Gasteiger partial charge in [-0.05, 0) is 6.42 Å². The Morgan fingerprint density at radius 1 is 1.58 bits per heavy atom. The van der Waals surface area contributed by atoms with Gasteiger partial charge in [-0.2, -0.15) is 0 Å². The zero-order chi connectivity index (χ0) is 9.56. The van der Waals surface area contributed by atoms with Crippen LogP contribution >= 0.6 is 0 Å². The third-order valence-corrected chi connectivity index (χ3v) is 1.10. The number of hydrogen-bond donors (Lipinski definition) is 1. The van der Waals surface area contributed by atoms with Crippen LogP contribution < -0.4 is 0 Å².